The van der Waals surface area contributed by atoms with Gasteiger partial charge < -0.3 is 20.7 Å². The topological polar surface area (TPSA) is 127 Å². The number of rotatable bonds is 6. The third-order valence-electron chi connectivity index (χ3n) is 4.49. The van der Waals surface area contributed by atoms with Crippen molar-refractivity contribution in [2.45, 2.75) is 19.9 Å². The summed E-state index contributed by atoms with van der Waals surface area (Å²) >= 11 is 0. The number of aromatic nitrogens is 3. The smallest absolute Gasteiger partial charge is 0.270 e. The summed E-state index contributed by atoms with van der Waals surface area (Å²) < 4.78 is 6.72. The zero-order chi connectivity index (χ0) is 21.1. The number of carbonyl (C=O) groups excluding carboxylic acids is 3. The third-order valence-corrected chi connectivity index (χ3v) is 4.49. The van der Waals surface area contributed by atoms with E-state index in [-0.39, 0.29) is 36.4 Å². The van der Waals surface area contributed by atoms with Gasteiger partial charge in [-0.05, 0) is 24.1 Å². The lowest BCUT2D eigenvalue weighted by Crippen LogP contribution is -2.29. The zero-order valence-corrected chi connectivity index (χ0v) is 16.3. The second-order valence-corrected chi connectivity index (χ2v) is 6.73. The summed E-state index contributed by atoms with van der Waals surface area (Å²) in [6.07, 6.45) is 2.31. The Kier molecular flexibility index (Phi) is 5.29. The average Bonchev–Trinajstić information content (AvgIpc) is 3.23. The van der Waals surface area contributed by atoms with Crippen LogP contribution in [0.15, 0.2) is 36.5 Å². The molecule has 0 spiro atoms. The summed E-state index contributed by atoms with van der Waals surface area (Å²) in [6.45, 7) is 2.67. The molecular weight excluding hydrogens is 388 g/mol. The number of carbonyl (C=O) groups is 3. The minimum absolute atomic E-state index is 0.0139. The molecule has 4 rings (SSSR count). The summed E-state index contributed by atoms with van der Waals surface area (Å²) in [5.41, 5.74) is 2.08. The van der Waals surface area contributed by atoms with Gasteiger partial charge in [-0.2, -0.15) is 5.10 Å². The van der Waals surface area contributed by atoms with Gasteiger partial charge in [0.15, 0.2) is 12.3 Å². The van der Waals surface area contributed by atoms with Crippen LogP contribution in [0.5, 0.6) is 5.75 Å². The fourth-order valence-corrected chi connectivity index (χ4v) is 3.03. The molecule has 0 bridgehead atoms. The Bertz CT molecular complexity index is 1140. The molecule has 0 fully saturated rings. The first-order valence-corrected chi connectivity index (χ1v) is 9.52. The van der Waals surface area contributed by atoms with Crippen molar-refractivity contribution in [3.05, 3.63) is 53.5 Å². The van der Waals surface area contributed by atoms with Gasteiger partial charge in [0.1, 0.15) is 17.1 Å². The Morgan fingerprint density at radius 3 is 2.90 bits per heavy atom. The van der Waals surface area contributed by atoms with E-state index in [1.165, 1.54) is 16.8 Å². The van der Waals surface area contributed by atoms with Crippen LogP contribution >= 0.6 is 0 Å². The number of benzene rings is 1. The standard InChI is InChI=1S/C20H20N6O4/c1-2-6-21-20(29)15-9-14(24-17-5-7-23-26(15)17)19(28)22-10-12-3-4-16-13(8-12)25-18(27)11-30-16/h3-5,7-9H,2,6,10-11H2,1H3,(H,21,29)(H,22,28)(H,25,27). The van der Waals surface area contributed by atoms with Crippen molar-refractivity contribution < 1.29 is 19.1 Å². The Hall–Kier alpha value is -3.95. The van der Waals surface area contributed by atoms with Gasteiger partial charge in [-0.3, -0.25) is 14.4 Å². The summed E-state index contributed by atoms with van der Waals surface area (Å²) in [7, 11) is 0. The number of ether oxygens (including phenoxy) is 1. The molecule has 1 aromatic carbocycles. The molecule has 0 atom stereocenters. The minimum Gasteiger partial charge on any atom is -0.482 e. The van der Waals surface area contributed by atoms with E-state index >= 15 is 0 Å². The molecular formula is C20H20N6O4. The monoisotopic (exact) mass is 408 g/mol. The fraction of sp³-hybridized carbons (Fsp3) is 0.250. The predicted octanol–water partition coefficient (Wildman–Crippen LogP) is 1.13. The normalized spacial score (nSPS) is 12.6. The van der Waals surface area contributed by atoms with Gasteiger partial charge in [0.05, 0.1) is 11.9 Å². The maximum absolute atomic E-state index is 12.7. The number of amides is 3. The van der Waals surface area contributed by atoms with Crippen molar-refractivity contribution in [2.75, 3.05) is 18.5 Å². The average molecular weight is 408 g/mol. The van der Waals surface area contributed by atoms with Crippen LogP contribution in [0.25, 0.3) is 5.65 Å². The predicted molar refractivity (Wildman–Crippen MR) is 107 cm³/mol. The van der Waals surface area contributed by atoms with E-state index in [2.05, 4.69) is 26.0 Å². The first-order chi connectivity index (χ1) is 14.5. The van der Waals surface area contributed by atoms with Gasteiger partial charge in [-0.25, -0.2) is 9.50 Å². The molecule has 3 N–H and O–H groups in total. The Labute approximate surface area is 171 Å². The Balaban J connectivity index is 1.51. The SMILES string of the molecule is CCCNC(=O)c1cc(C(=O)NCc2ccc3c(c2)NC(=O)CO3)nc2ccnn12. The maximum Gasteiger partial charge on any atom is 0.270 e. The molecule has 3 aromatic rings. The van der Waals surface area contributed by atoms with Crippen molar-refractivity contribution in [3.63, 3.8) is 0 Å². The van der Waals surface area contributed by atoms with E-state index in [1.54, 1.807) is 24.3 Å². The largest absolute Gasteiger partial charge is 0.482 e. The number of nitrogens with one attached hydrogen (secondary N) is 3. The van der Waals surface area contributed by atoms with E-state index in [1.807, 2.05) is 6.92 Å². The molecule has 0 unspecified atom stereocenters. The maximum atomic E-state index is 12.7. The molecule has 3 heterocycles. The molecule has 0 aliphatic carbocycles. The second kappa shape index (κ2) is 8.19. The molecule has 3 amide bonds. The summed E-state index contributed by atoms with van der Waals surface area (Å²) in [5, 5.41) is 12.4. The first kappa shape index (κ1) is 19.4. The summed E-state index contributed by atoms with van der Waals surface area (Å²) in [6, 6.07) is 8.32. The lowest BCUT2D eigenvalue weighted by Gasteiger charge is -2.18. The van der Waals surface area contributed by atoms with Crippen LogP contribution in [0.3, 0.4) is 0 Å². The van der Waals surface area contributed by atoms with Gasteiger partial charge >= 0.3 is 0 Å². The van der Waals surface area contributed by atoms with Crippen LogP contribution in [-0.4, -0.2) is 45.5 Å². The number of fused-ring (bicyclic) bond motifs is 2. The van der Waals surface area contributed by atoms with Gasteiger partial charge in [-0.15, -0.1) is 0 Å². The highest BCUT2D eigenvalue weighted by atomic mass is 16.5. The minimum atomic E-state index is -0.429. The lowest BCUT2D eigenvalue weighted by atomic mass is 10.1. The third kappa shape index (κ3) is 3.93. The summed E-state index contributed by atoms with van der Waals surface area (Å²) in [5.74, 6) is -0.398. The molecule has 0 radical (unpaired) electrons. The van der Waals surface area contributed by atoms with Gasteiger partial charge in [0, 0.05) is 25.2 Å². The van der Waals surface area contributed by atoms with Crippen LogP contribution in [0, 0.1) is 0 Å². The number of hydrogen-bond donors (Lipinski definition) is 3. The highest BCUT2D eigenvalue weighted by Crippen LogP contribution is 2.28. The van der Waals surface area contributed by atoms with Crippen LogP contribution < -0.4 is 20.7 Å². The van der Waals surface area contributed by atoms with Crippen molar-refractivity contribution in [1.29, 1.82) is 0 Å². The molecule has 30 heavy (non-hydrogen) atoms. The molecule has 0 saturated heterocycles. The van der Waals surface area contributed by atoms with E-state index in [0.29, 0.717) is 23.6 Å². The zero-order valence-electron chi connectivity index (χ0n) is 16.3. The number of hydrogen-bond acceptors (Lipinski definition) is 6. The van der Waals surface area contributed by atoms with Gasteiger partial charge in [0.2, 0.25) is 0 Å². The Morgan fingerprint density at radius 2 is 2.07 bits per heavy atom. The highest BCUT2D eigenvalue weighted by Gasteiger charge is 2.18. The number of nitrogens with zero attached hydrogens (tertiary/aromatic N) is 3. The molecule has 1 aliphatic heterocycles. The van der Waals surface area contributed by atoms with E-state index in [0.717, 1.165) is 12.0 Å². The van der Waals surface area contributed by atoms with Crippen LogP contribution in [0.2, 0.25) is 0 Å². The van der Waals surface area contributed by atoms with Gasteiger partial charge in [-0.1, -0.05) is 13.0 Å². The highest BCUT2D eigenvalue weighted by molar-refractivity contribution is 5.98. The summed E-state index contributed by atoms with van der Waals surface area (Å²) in [4.78, 5) is 40.9. The van der Waals surface area contributed by atoms with Crippen LogP contribution in [0.1, 0.15) is 39.9 Å². The number of anilines is 1. The van der Waals surface area contributed by atoms with Crippen molar-refractivity contribution in [2.24, 2.45) is 0 Å². The molecule has 10 nitrogen and oxygen atoms in total. The molecule has 1 aliphatic rings. The van der Waals surface area contributed by atoms with Crippen molar-refractivity contribution in [1.82, 2.24) is 25.2 Å². The second-order valence-electron chi connectivity index (χ2n) is 6.73. The van der Waals surface area contributed by atoms with Crippen molar-refractivity contribution >= 4 is 29.1 Å². The van der Waals surface area contributed by atoms with E-state index in [9.17, 15) is 14.4 Å². The lowest BCUT2D eigenvalue weighted by molar-refractivity contribution is -0.118. The molecule has 10 heteroatoms. The first-order valence-electron chi connectivity index (χ1n) is 9.52. The Morgan fingerprint density at radius 1 is 1.20 bits per heavy atom. The molecule has 0 saturated carbocycles. The molecule has 2 aromatic heterocycles. The van der Waals surface area contributed by atoms with Crippen LogP contribution in [0.4, 0.5) is 5.69 Å². The fourth-order valence-electron chi connectivity index (χ4n) is 3.03. The van der Waals surface area contributed by atoms with Crippen LogP contribution in [-0.2, 0) is 11.3 Å². The quantitative estimate of drug-likeness (QED) is 0.561. The van der Waals surface area contributed by atoms with E-state index < -0.39 is 5.91 Å². The van der Waals surface area contributed by atoms with Gasteiger partial charge in [0.25, 0.3) is 17.7 Å². The van der Waals surface area contributed by atoms with Crippen molar-refractivity contribution in [3.8, 4) is 5.75 Å². The van der Waals surface area contributed by atoms with E-state index in [4.69, 9.17) is 4.74 Å². The molecule has 154 valence electrons.